The Kier molecular flexibility index (Phi) is 3.14. The van der Waals surface area contributed by atoms with Crippen LogP contribution in [0, 0.1) is 0 Å². The third-order valence-corrected chi connectivity index (χ3v) is 3.46. The van der Waals surface area contributed by atoms with E-state index in [2.05, 4.69) is 46.0 Å². The second-order valence-corrected chi connectivity index (χ2v) is 4.66. The molecule has 0 aliphatic carbocycles. The van der Waals surface area contributed by atoms with Gasteiger partial charge >= 0.3 is 0 Å². The molecule has 0 atom stereocenters. The van der Waals surface area contributed by atoms with Crippen LogP contribution in [0.2, 0.25) is 0 Å². The fraction of sp³-hybridized carbons (Fsp3) is 0.167. The Balaban J connectivity index is 1.84. The summed E-state index contributed by atoms with van der Waals surface area (Å²) < 4.78 is 1.71. The number of aryl methyl sites for hydroxylation is 1. The van der Waals surface area contributed by atoms with E-state index in [1.165, 1.54) is 5.56 Å². The molecule has 2 aromatic rings. The summed E-state index contributed by atoms with van der Waals surface area (Å²) in [5.74, 6) is 0.780. The van der Waals surface area contributed by atoms with Crippen molar-refractivity contribution in [1.82, 2.24) is 25.9 Å². The van der Waals surface area contributed by atoms with Gasteiger partial charge in [-0.2, -0.15) is 5.10 Å². The number of hydrogen-bond donors (Lipinski definition) is 3. The van der Waals surface area contributed by atoms with Crippen LogP contribution >= 0.6 is 12.6 Å². The van der Waals surface area contributed by atoms with Crippen molar-refractivity contribution in [2.75, 3.05) is 0 Å². The SMILES string of the molecule is Cn1ncc(C2=NNNN2Cc2ccccc2)c1S. The topological polar surface area (TPSA) is 57.5 Å². The molecule has 0 saturated heterocycles. The molecular weight excluding hydrogens is 260 g/mol. The fourth-order valence-corrected chi connectivity index (χ4v) is 2.14. The van der Waals surface area contributed by atoms with Crippen molar-refractivity contribution in [1.29, 1.82) is 0 Å². The first-order chi connectivity index (χ1) is 9.25. The quantitative estimate of drug-likeness (QED) is 0.728. The van der Waals surface area contributed by atoms with Crippen molar-refractivity contribution in [2.24, 2.45) is 12.1 Å². The van der Waals surface area contributed by atoms with Gasteiger partial charge in [-0.1, -0.05) is 30.3 Å². The highest BCUT2D eigenvalue weighted by molar-refractivity contribution is 7.80. The molecule has 1 aliphatic rings. The normalized spacial score (nSPS) is 14.4. The van der Waals surface area contributed by atoms with Crippen molar-refractivity contribution in [2.45, 2.75) is 11.6 Å². The Labute approximate surface area is 116 Å². The molecule has 98 valence electrons. The summed E-state index contributed by atoms with van der Waals surface area (Å²) in [5.41, 5.74) is 7.85. The van der Waals surface area contributed by atoms with E-state index in [0.717, 1.165) is 16.4 Å². The van der Waals surface area contributed by atoms with E-state index in [4.69, 9.17) is 0 Å². The number of nitrogens with one attached hydrogen (secondary N) is 2. The maximum absolute atomic E-state index is 4.44. The van der Waals surface area contributed by atoms with Gasteiger partial charge in [0.2, 0.25) is 0 Å². The third-order valence-electron chi connectivity index (χ3n) is 2.93. The van der Waals surface area contributed by atoms with Gasteiger partial charge in [-0.05, 0) is 5.56 Å². The van der Waals surface area contributed by atoms with E-state index >= 15 is 0 Å². The number of benzene rings is 1. The monoisotopic (exact) mass is 274 g/mol. The molecule has 0 amide bonds. The Hall–Kier alpha value is -1.99. The molecule has 2 N–H and O–H groups in total. The van der Waals surface area contributed by atoms with E-state index in [9.17, 15) is 0 Å². The largest absolute Gasteiger partial charge is 0.266 e. The van der Waals surface area contributed by atoms with E-state index in [-0.39, 0.29) is 0 Å². The standard InChI is InChI=1S/C12H14N6S/c1-17-12(19)10(7-13-17)11-14-15-16-18(11)8-9-5-3-2-4-6-9/h2-7,15-16,19H,8H2,1H3. The predicted octanol–water partition coefficient (Wildman–Crippen LogP) is 0.895. The maximum Gasteiger partial charge on any atom is 0.177 e. The lowest BCUT2D eigenvalue weighted by Crippen LogP contribution is -2.40. The van der Waals surface area contributed by atoms with E-state index in [1.807, 2.05) is 30.3 Å². The van der Waals surface area contributed by atoms with Crippen molar-refractivity contribution in [3.63, 3.8) is 0 Å². The highest BCUT2D eigenvalue weighted by Crippen LogP contribution is 2.17. The highest BCUT2D eigenvalue weighted by Gasteiger charge is 2.22. The number of hydrogen-bond acceptors (Lipinski definition) is 6. The van der Waals surface area contributed by atoms with Gasteiger partial charge in [0.25, 0.3) is 0 Å². The highest BCUT2D eigenvalue weighted by atomic mass is 32.1. The Morgan fingerprint density at radius 3 is 2.74 bits per heavy atom. The van der Waals surface area contributed by atoms with Crippen molar-refractivity contribution in [3.05, 3.63) is 47.7 Å². The smallest absolute Gasteiger partial charge is 0.177 e. The zero-order chi connectivity index (χ0) is 13.2. The van der Waals surface area contributed by atoms with Crippen LogP contribution in [0.1, 0.15) is 11.1 Å². The Morgan fingerprint density at radius 2 is 2.05 bits per heavy atom. The summed E-state index contributed by atoms with van der Waals surface area (Å²) in [6.45, 7) is 0.703. The summed E-state index contributed by atoms with van der Waals surface area (Å²) in [7, 11) is 1.85. The first-order valence-corrected chi connectivity index (χ1v) is 6.31. The van der Waals surface area contributed by atoms with Gasteiger partial charge in [0, 0.05) is 7.05 Å². The number of amidine groups is 1. The number of hydrazone groups is 1. The van der Waals surface area contributed by atoms with Crippen LogP contribution in [0.5, 0.6) is 0 Å². The number of thiol groups is 1. The summed E-state index contributed by atoms with van der Waals surface area (Å²) in [4.78, 5) is 0. The van der Waals surface area contributed by atoms with E-state index < -0.39 is 0 Å². The number of aromatic nitrogens is 2. The van der Waals surface area contributed by atoms with Gasteiger partial charge in [0.05, 0.1) is 18.3 Å². The Morgan fingerprint density at radius 1 is 1.26 bits per heavy atom. The molecule has 0 saturated carbocycles. The zero-order valence-corrected chi connectivity index (χ0v) is 11.3. The molecule has 3 rings (SSSR count). The average Bonchev–Trinajstić information content (AvgIpc) is 2.99. The first kappa shape index (κ1) is 12.1. The second kappa shape index (κ2) is 4.94. The van der Waals surface area contributed by atoms with Crippen LogP contribution in [0.4, 0.5) is 0 Å². The van der Waals surface area contributed by atoms with Gasteiger partial charge in [-0.25, -0.2) is 5.53 Å². The summed E-state index contributed by atoms with van der Waals surface area (Å²) in [6, 6.07) is 10.2. The lowest BCUT2D eigenvalue weighted by Gasteiger charge is -2.18. The molecule has 1 aliphatic heterocycles. The molecule has 19 heavy (non-hydrogen) atoms. The van der Waals surface area contributed by atoms with Gasteiger partial charge in [-0.15, -0.1) is 23.3 Å². The minimum absolute atomic E-state index is 0.703. The molecule has 6 nitrogen and oxygen atoms in total. The van der Waals surface area contributed by atoms with Crippen LogP contribution < -0.4 is 11.1 Å². The van der Waals surface area contributed by atoms with Crippen molar-refractivity contribution in [3.8, 4) is 0 Å². The lowest BCUT2D eigenvalue weighted by molar-refractivity contribution is 0.288. The van der Waals surface area contributed by atoms with Crippen LogP contribution in [-0.2, 0) is 13.6 Å². The molecule has 2 heterocycles. The fourth-order valence-electron chi connectivity index (χ4n) is 1.93. The van der Waals surface area contributed by atoms with Gasteiger partial charge in [0.15, 0.2) is 5.84 Å². The minimum Gasteiger partial charge on any atom is -0.266 e. The van der Waals surface area contributed by atoms with Crippen LogP contribution in [0.3, 0.4) is 0 Å². The van der Waals surface area contributed by atoms with Gasteiger partial charge in [0.1, 0.15) is 5.03 Å². The van der Waals surface area contributed by atoms with E-state index in [1.54, 1.807) is 10.9 Å². The van der Waals surface area contributed by atoms with Gasteiger partial charge < -0.3 is 0 Å². The zero-order valence-electron chi connectivity index (χ0n) is 10.4. The van der Waals surface area contributed by atoms with Gasteiger partial charge in [-0.3, -0.25) is 9.69 Å². The molecule has 0 bridgehead atoms. The summed E-state index contributed by atoms with van der Waals surface area (Å²) in [6.07, 6.45) is 1.76. The number of nitrogens with zero attached hydrogens (tertiary/aromatic N) is 4. The van der Waals surface area contributed by atoms with Crippen LogP contribution in [-0.4, -0.2) is 20.6 Å². The van der Waals surface area contributed by atoms with Crippen molar-refractivity contribution >= 4 is 18.5 Å². The third kappa shape index (κ3) is 2.29. The minimum atomic E-state index is 0.703. The molecule has 0 fully saturated rings. The molecule has 0 radical (unpaired) electrons. The predicted molar refractivity (Wildman–Crippen MR) is 75.3 cm³/mol. The average molecular weight is 274 g/mol. The molecule has 1 aromatic heterocycles. The van der Waals surface area contributed by atoms with Crippen molar-refractivity contribution < 1.29 is 0 Å². The summed E-state index contributed by atoms with van der Waals surface area (Å²) >= 11 is 4.44. The first-order valence-electron chi connectivity index (χ1n) is 5.87. The molecular formula is C12H14N6S. The Bertz CT molecular complexity index is 606. The molecule has 0 spiro atoms. The second-order valence-electron chi connectivity index (χ2n) is 4.24. The molecule has 7 heteroatoms. The number of hydrazine groups is 2. The van der Waals surface area contributed by atoms with Crippen LogP contribution in [0.15, 0.2) is 46.7 Å². The lowest BCUT2D eigenvalue weighted by atomic mass is 10.2. The maximum atomic E-state index is 4.44. The molecule has 0 unspecified atom stereocenters. The summed E-state index contributed by atoms with van der Waals surface area (Å²) in [5, 5.41) is 11.1. The van der Waals surface area contributed by atoms with Crippen LogP contribution in [0.25, 0.3) is 0 Å². The van der Waals surface area contributed by atoms with E-state index in [0.29, 0.717) is 6.54 Å². The molecule has 1 aromatic carbocycles. The number of rotatable bonds is 3.